The number of pyridine rings is 1. The summed E-state index contributed by atoms with van der Waals surface area (Å²) in [4.78, 5) is 8.60. The lowest BCUT2D eigenvalue weighted by Crippen LogP contribution is -2.12. The molecule has 0 aliphatic rings. The third-order valence-corrected chi connectivity index (χ3v) is 2.68. The molecule has 0 spiro atoms. The van der Waals surface area contributed by atoms with E-state index < -0.39 is 0 Å². The fraction of sp³-hybridized carbons (Fsp3) is 0.231. The van der Waals surface area contributed by atoms with Crippen molar-refractivity contribution in [2.24, 2.45) is 10.7 Å². The van der Waals surface area contributed by atoms with Crippen LogP contribution in [0.2, 0.25) is 0 Å². The van der Waals surface area contributed by atoms with E-state index in [0.717, 1.165) is 22.3 Å². The van der Waals surface area contributed by atoms with Gasteiger partial charge in [-0.1, -0.05) is 0 Å². The largest absolute Gasteiger partial charge is 0.492 e. The Balaban J connectivity index is 2.60. The van der Waals surface area contributed by atoms with Crippen LogP contribution in [0.15, 0.2) is 35.5 Å². The van der Waals surface area contributed by atoms with E-state index in [9.17, 15) is 0 Å². The van der Waals surface area contributed by atoms with Gasteiger partial charge in [0.1, 0.15) is 17.1 Å². The SMILES string of the molecule is CCOc1ccc(N=C(N)CCl)c2cccnc12. The van der Waals surface area contributed by atoms with E-state index in [-0.39, 0.29) is 5.88 Å². The molecule has 94 valence electrons. The van der Waals surface area contributed by atoms with Crippen LogP contribution in [0.5, 0.6) is 5.75 Å². The molecule has 2 N–H and O–H groups in total. The van der Waals surface area contributed by atoms with Gasteiger partial charge in [0.25, 0.3) is 0 Å². The lowest BCUT2D eigenvalue weighted by atomic mass is 10.1. The summed E-state index contributed by atoms with van der Waals surface area (Å²) >= 11 is 5.64. The predicted octanol–water partition coefficient (Wildman–Crippen LogP) is 2.86. The number of fused-ring (bicyclic) bond motifs is 1. The van der Waals surface area contributed by atoms with Gasteiger partial charge in [0, 0.05) is 11.6 Å². The summed E-state index contributed by atoms with van der Waals surface area (Å²) in [6.45, 7) is 2.53. The van der Waals surface area contributed by atoms with E-state index >= 15 is 0 Å². The van der Waals surface area contributed by atoms with Crippen LogP contribution in [0, 0.1) is 0 Å². The molecule has 0 fully saturated rings. The van der Waals surface area contributed by atoms with Crippen LogP contribution in [0.25, 0.3) is 10.9 Å². The van der Waals surface area contributed by atoms with E-state index in [1.54, 1.807) is 6.20 Å². The molecular weight excluding hydrogens is 250 g/mol. The van der Waals surface area contributed by atoms with Crippen LogP contribution in [0.4, 0.5) is 5.69 Å². The minimum Gasteiger partial charge on any atom is -0.492 e. The molecule has 0 aliphatic carbocycles. The summed E-state index contributed by atoms with van der Waals surface area (Å²) in [7, 11) is 0. The van der Waals surface area contributed by atoms with Crippen molar-refractivity contribution in [2.75, 3.05) is 12.5 Å². The molecule has 2 aromatic rings. The number of hydrogen-bond donors (Lipinski definition) is 1. The molecule has 0 atom stereocenters. The maximum atomic E-state index is 5.66. The number of aromatic nitrogens is 1. The quantitative estimate of drug-likeness (QED) is 0.524. The third-order valence-electron chi connectivity index (χ3n) is 2.41. The Bertz CT molecular complexity index is 583. The summed E-state index contributed by atoms with van der Waals surface area (Å²) in [6.07, 6.45) is 1.73. The van der Waals surface area contributed by atoms with Crippen molar-refractivity contribution in [1.29, 1.82) is 0 Å². The van der Waals surface area contributed by atoms with Crippen molar-refractivity contribution in [3.8, 4) is 5.75 Å². The van der Waals surface area contributed by atoms with E-state index in [1.807, 2.05) is 31.2 Å². The van der Waals surface area contributed by atoms with Crippen LogP contribution in [0.1, 0.15) is 6.92 Å². The summed E-state index contributed by atoms with van der Waals surface area (Å²) in [5, 5.41) is 0.900. The topological polar surface area (TPSA) is 60.5 Å². The first-order valence-electron chi connectivity index (χ1n) is 5.65. The average Bonchev–Trinajstić information content (AvgIpc) is 2.41. The predicted molar refractivity (Wildman–Crippen MR) is 74.9 cm³/mol. The highest BCUT2D eigenvalue weighted by atomic mass is 35.5. The van der Waals surface area contributed by atoms with Crippen molar-refractivity contribution >= 4 is 34.0 Å². The molecule has 0 saturated carbocycles. The smallest absolute Gasteiger partial charge is 0.145 e. The molecule has 2 rings (SSSR count). The average molecular weight is 264 g/mol. The second-order valence-electron chi connectivity index (χ2n) is 3.65. The number of alkyl halides is 1. The Labute approximate surface area is 110 Å². The van der Waals surface area contributed by atoms with Gasteiger partial charge in [-0.3, -0.25) is 4.98 Å². The van der Waals surface area contributed by atoms with E-state index in [0.29, 0.717) is 12.4 Å². The zero-order valence-electron chi connectivity index (χ0n) is 10.1. The van der Waals surface area contributed by atoms with E-state index in [2.05, 4.69) is 9.98 Å². The van der Waals surface area contributed by atoms with Gasteiger partial charge in [-0.2, -0.15) is 0 Å². The fourth-order valence-corrected chi connectivity index (χ4v) is 1.75. The molecule has 0 radical (unpaired) electrons. The molecular formula is C13H14ClN3O. The first kappa shape index (κ1) is 12.6. The van der Waals surface area contributed by atoms with Gasteiger partial charge in [-0.05, 0) is 31.2 Å². The molecule has 1 heterocycles. The van der Waals surface area contributed by atoms with Crippen molar-refractivity contribution in [3.63, 3.8) is 0 Å². The van der Waals surface area contributed by atoms with Crippen LogP contribution >= 0.6 is 11.6 Å². The van der Waals surface area contributed by atoms with Crippen molar-refractivity contribution in [2.45, 2.75) is 6.92 Å². The second-order valence-corrected chi connectivity index (χ2v) is 3.92. The van der Waals surface area contributed by atoms with E-state index in [4.69, 9.17) is 22.1 Å². The molecule has 5 heteroatoms. The molecule has 1 aromatic carbocycles. The number of hydrogen-bond acceptors (Lipinski definition) is 3. The Morgan fingerprint density at radius 2 is 2.28 bits per heavy atom. The number of amidine groups is 1. The number of ether oxygens (including phenoxy) is 1. The molecule has 4 nitrogen and oxygen atoms in total. The Morgan fingerprint density at radius 3 is 3.00 bits per heavy atom. The van der Waals surface area contributed by atoms with Gasteiger partial charge in [0.15, 0.2) is 0 Å². The standard InChI is InChI=1S/C13H14ClN3O/c1-2-18-11-6-5-10(17-12(15)8-14)9-4-3-7-16-13(9)11/h3-7H,2,8H2,1H3,(H2,15,17). The lowest BCUT2D eigenvalue weighted by Gasteiger charge is -2.08. The van der Waals surface area contributed by atoms with Crippen molar-refractivity contribution < 1.29 is 4.74 Å². The molecule has 1 aromatic heterocycles. The van der Waals surface area contributed by atoms with Crippen LogP contribution in [-0.4, -0.2) is 23.3 Å². The minimum absolute atomic E-state index is 0.203. The Kier molecular flexibility index (Phi) is 3.99. The van der Waals surface area contributed by atoms with Gasteiger partial charge in [0.05, 0.1) is 18.2 Å². The van der Waals surface area contributed by atoms with Gasteiger partial charge in [-0.25, -0.2) is 4.99 Å². The zero-order valence-corrected chi connectivity index (χ0v) is 10.8. The van der Waals surface area contributed by atoms with Crippen molar-refractivity contribution in [3.05, 3.63) is 30.5 Å². The third kappa shape index (κ3) is 2.54. The van der Waals surface area contributed by atoms with Crippen molar-refractivity contribution in [1.82, 2.24) is 4.98 Å². The van der Waals surface area contributed by atoms with Crippen LogP contribution in [-0.2, 0) is 0 Å². The van der Waals surface area contributed by atoms with Crippen LogP contribution < -0.4 is 10.5 Å². The Hall–Kier alpha value is -1.81. The number of nitrogens with two attached hydrogens (primary N) is 1. The number of nitrogens with zero attached hydrogens (tertiary/aromatic N) is 2. The van der Waals surface area contributed by atoms with Crippen LogP contribution in [0.3, 0.4) is 0 Å². The first-order valence-corrected chi connectivity index (χ1v) is 6.19. The highest BCUT2D eigenvalue weighted by Gasteiger charge is 2.07. The Morgan fingerprint density at radius 1 is 1.44 bits per heavy atom. The van der Waals surface area contributed by atoms with Gasteiger partial charge in [-0.15, -0.1) is 11.6 Å². The highest BCUT2D eigenvalue weighted by molar-refractivity contribution is 6.28. The van der Waals surface area contributed by atoms with E-state index in [1.165, 1.54) is 0 Å². The molecule has 0 unspecified atom stereocenters. The molecule has 0 saturated heterocycles. The normalized spacial score (nSPS) is 11.8. The van der Waals surface area contributed by atoms with Gasteiger partial charge in [0.2, 0.25) is 0 Å². The highest BCUT2D eigenvalue weighted by Crippen LogP contribution is 2.31. The minimum atomic E-state index is 0.203. The zero-order chi connectivity index (χ0) is 13.0. The molecule has 0 aliphatic heterocycles. The number of aliphatic imine (C=N–C) groups is 1. The fourth-order valence-electron chi connectivity index (χ4n) is 1.69. The second kappa shape index (κ2) is 5.69. The number of benzene rings is 1. The number of halogens is 1. The maximum absolute atomic E-state index is 5.66. The monoisotopic (exact) mass is 263 g/mol. The van der Waals surface area contributed by atoms with Gasteiger partial charge < -0.3 is 10.5 Å². The summed E-state index contributed by atoms with van der Waals surface area (Å²) in [5.41, 5.74) is 7.19. The lowest BCUT2D eigenvalue weighted by molar-refractivity contribution is 0.343. The maximum Gasteiger partial charge on any atom is 0.145 e. The number of rotatable bonds is 4. The molecule has 18 heavy (non-hydrogen) atoms. The molecule has 0 bridgehead atoms. The first-order chi connectivity index (χ1) is 8.76. The summed E-state index contributed by atoms with van der Waals surface area (Å²) in [5.74, 6) is 1.33. The summed E-state index contributed by atoms with van der Waals surface area (Å²) in [6, 6.07) is 7.49. The molecule has 0 amide bonds. The van der Waals surface area contributed by atoms with Gasteiger partial charge >= 0.3 is 0 Å². The summed E-state index contributed by atoms with van der Waals surface area (Å²) < 4.78 is 5.54.